The highest BCUT2D eigenvalue weighted by Gasteiger charge is 2.15. The Hall–Kier alpha value is -1.15. The quantitative estimate of drug-likeness (QED) is 0.792. The number of carbonyl (C=O) groups excluding carboxylic acids is 1. The third-order valence-electron chi connectivity index (χ3n) is 3.48. The number of aliphatic hydroxyl groups is 1. The Bertz CT molecular complexity index is 336. The van der Waals surface area contributed by atoms with Gasteiger partial charge < -0.3 is 9.90 Å². The van der Waals surface area contributed by atoms with Gasteiger partial charge in [-0.1, -0.05) is 43.5 Å². The van der Waals surface area contributed by atoms with Crippen molar-refractivity contribution in [2.45, 2.75) is 44.1 Å². The second-order valence-electron chi connectivity index (χ2n) is 4.58. The zero-order valence-electron chi connectivity index (χ0n) is 9.43. The molecule has 0 heterocycles. The predicted molar refractivity (Wildman–Crippen MR) is 63.3 cm³/mol. The lowest BCUT2D eigenvalue weighted by atomic mass is 9.84. The highest BCUT2D eigenvalue weighted by molar-refractivity contribution is 5.59. The summed E-state index contributed by atoms with van der Waals surface area (Å²) < 4.78 is 0. The lowest BCUT2D eigenvalue weighted by Gasteiger charge is -2.22. The molecule has 1 atom stereocenters. The first-order valence-corrected chi connectivity index (χ1v) is 6.04. The van der Waals surface area contributed by atoms with Crippen LogP contribution in [0, 0.1) is 0 Å². The van der Waals surface area contributed by atoms with Crippen molar-refractivity contribution < 1.29 is 9.90 Å². The van der Waals surface area contributed by atoms with Crippen LogP contribution >= 0.6 is 0 Å². The Morgan fingerprint density at radius 3 is 2.31 bits per heavy atom. The zero-order chi connectivity index (χ0) is 11.4. The lowest BCUT2D eigenvalue weighted by molar-refractivity contribution is -0.115. The Kier molecular flexibility index (Phi) is 3.73. The standard InChI is InChI=1S/C14H18O2/c15-10-14(16)13-8-6-12(7-9-13)11-4-2-1-3-5-11/h6-11,14,16H,1-5H2. The molecule has 0 saturated heterocycles. The van der Waals surface area contributed by atoms with Gasteiger partial charge in [0.1, 0.15) is 6.10 Å². The summed E-state index contributed by atoms with van der Waals surface area (Å²) in [4.78, 5) is 10.4. The van der Waals surface area contributed by atoms with E-state index in [0.29, 0.717) is 17.8 Å². The molecule has 0 radical (unpaired) electrons. The lowest BCUT2D eigenvalue weighted by Crippen LogP contribution is -2.05. The first-order chi connectivity index (χ1) is 7.81. The van der Waals surface area contributed by atoms with Crippen molar-refractivity contribution >= 4 is 6.29 Å². The van der Waals surface area contributed by atoms with Gasteiger partial charge in [-0.15, -0.1) is 0 Å². The molecule has 1 aromatic rings. The fraction of sp³-hybridized carbons (Fsp3) is 0.500. The van der Waals surface area contributed by atoms with Crippen molar-refractivity contribution in [3.8, 4) is 0 Å². The summed E-state index contributed by atoms with van der Waals surface area (Å²) in [5.74, 6) is 0.677. The van der Waals surface area contributed by atoms with Crippen molar-refractivity contribution in [3.63, 3.8) is 0 Å². The first kappa shape index (κ1) is 11.3. The molecule has 0 aromatic heterocycles. The molecule has 0 spiro atoms. The van der Waals surface area contributed by atoms with Gasteiger partial charge in [-0.2, -0.15) is 0 Å². The van der Waals surface area contributed by atoms with E-state index in [1.807, 2.05) is 12.1 Å². The van der Waals surface area contributed by atoms with Crippen LogP contribution in [0.25, 0.3) is 0 Å². The molecule has 1 N–H and O–H groups in total. The summed E-state index contributed by atoms with van der Waals surface area (Å²) in [5, 5.41) is 9.36. The zero-order valence-corrected chi connectivity index (χ0v) is 9.43. The second-order valence-corrected chi connectivity index (χ2v) is 4.58. The van der Waals surface area contributed by atoms with Gasteiger partial charge in [-0.3, -0.25) is 0 Å². The number of hydrogen-bond acceptors (Lipinski definition) is 2. The Morgan fingerprint density at radius 2 is 1.75 bits per heavy atom. The average molecular weight is 218 g/mol. The van der Waals surface area contributed by atoms with E-state index in [9.17, 15) is 9.90 Å². The summed E-state index contributed by atoms with van der Waals surface area (Å²) in [5.41, 5.74) is 2.04. The third kappa shape index (κ3) is 2.50. The monoisotopic (exact) mass is 218 g/mol. The maximum atomic E-state index is 10.4. The minimum absolute atomic E-state index is 0.565. The molecule has 16 heavy (non-hydrogen) atoms. The van der Waals surface area contributed by atoms with E-state index in [-0.39, 0.29) is 0 Å². The molecule has 1 saturated carbocycles. The molecule has 2 rings (SSSR count). The SMILES string of the molecule is O=CC(O)c1ccc(C2CCCCC2)cc1. The molecule has 86 valence electrons. The molecular formula is C14H18O2. The van der Waals surface area contributed by atoms with Gasteiger partial charge in [0.25, 0.3) is 0 Å². The van der Waals surface area contributed by atoms with Crippen molar-refractivity contribution in [3.05, 3.63) is 35.4 Å². The van der Waals surface area contributed by atoms with Gasteiger partial charge in [-0.05, 0) is 29.9 Å². The summed E-state index contributed by atoms with van der Waals surface area (Å²) in [7, 11) is 0. The van der Waals surface area contributed by atoms with Crippen molar-refractivity contribution in [1.29, 1.82) is 0 Å². The Labute approximate surface area is 96.3 Å². The van der Waals surface area contributed by atoms with Gasteiger partial charge in [0, 0.05) is 0 Å². The topological polar surface area (TPSA) is 37.3 Å². The Morgan fingerprint density at radius 1 is 1.12 bits per heavy atom. The van der Waals surface area contributed by atoms with E-state index in [1.165, 1.54) is 37.7 Å². The molecule has 1 fully saturated rings. The molecule has 2 heteroatoms. The van der Waals surface area contributed by atoms with E-state index in [2.05, 4.69) is 12.1 Å². The summed E-state index contributed by atoms with van der Waals surface area (Å²) in [6.45, 7) is 0. The number of rotatable bonds is 3. The fourth-order valence-corrected chi connectivity index (χ4v) is 2.48. The molecule has 1 aromatic carbocycles. The highest BCUT2D eigenvalue weighted by Crippen LogP contribution is 2.32. The number of aldehydes is 1. The Balaban J connectivity index is 2.08. The number of benzene rings is 1. The van der Waals surface area contributed by atoms with Gasteiger partial charge in [0.15, 0.2) is 6.29 Å². The maximum absolute atomic E-state index is 10.4. The predicted octanol–water partition coefficient (Wildman–Crippen LogP) is 2.97. The van der Waals surface area contributed by atoms with Gasteiger partial charge in [0.05, 0.1) is 0 Å². The van der Waals surface area contributed by atoms with Crippen LogP contribution in [0.3, 0.4) is 0 Å². The molecular weight excluding hydrogens is 200 g/mol. The first-order valence-electron chi connectivity index (χ1n) is 6.04. The maximum Gasteiger partial charge on any atom is 0.153 e. The van der Waals surface area contributed by atoms with Crippen LogP contribution in [0.4, 0.5) is 0 Å². The van der Waals surface area contributed by atoms with E-state index >= 15 is 0 Å². The highest BCUT2D eigenvalue weighted by atomic mass is 16.3. The van der Waals surface area contributed by atoms with Crippen molar-refractivity contribution in [1.82, 2.24) is 0 Å². The summed E-state index contributed by atoms with van der Waals surface area (Å²) in [6, 6.07) is 7.84. The van der Waals surface area contributed by atoms with Crippen molar-refractivity contribution in [2.75, 3.05) is 0 Å². The van der Waals surface area contributed by atoms with Gasteiger partial charge in [0.2, 0.25) is 0 Å². The number of carbonyl (C=O) groups is 1. The van der Waals surface area contributed by atoms with Crippen LogP contribution in [-0.2, 0) is 4.79 Å². The normalized spacial score (nSPS) is 19.3. The molecule has 1 aliphatic carbocycles. The second kappa shape index (κ2) is 5.26. The van der Waals surface area contributed by atoms with Crippen LogP contribution in [0.2, 0.25) is 0 Å². The van der Waals surface area contributed by atoms with E-state index < -0.39 is 6.10 Å². The van der Waals surface area contributed by atoms with Gasteiger partial charge in [-0.25, -0.2) is 0 Å². The van der Waals surface area contributed by atoms with Crippen LogP contribution < -0.4 is 0 Å². The minimum atomic E-state index is -0.972. The molecule has 2 nitrogen and oxygen atoms in total. The fourth-order valence-electron chi connectivity index (χ4n) is 2.48. The van der Waals surface area contributed by atoms with Crippen LogP contribution in [0.1, 0.15) is 55.3 Å². The van der Waals surface area contributed by atoms with Crippen molar-refractivity contribution in [2.24, 2.45) is 0 Å². The smallest absolute Gasteiger partial charge is 0.153 e. The number of aliphatic hydroxyl groups excluding tert-OH is 1. The summed E-state index contributed by atoms with van der Waals surface area (Å²) >= 11 is 0. The van der Waals surface area contributed by atoms with Gasteiger partial charge >= 0.3 is 0 Å². The van der Waals surface area contributed by atoms with Crippen LogP contribution in [0.5, 0.6) is 0 Å². The van der Waals surface area contributed by atoms with E-state index in [0.717, 1.165) is 0 Å². The minimum Gasteiger partial charge on any atom is -0.381 e. The van der Waals surface area contributed by atoms with Crippen LogP contribution in [0.15, 0.2) is 24.3 Å². The van der Waals surface area contributed by atoms with E-state index in [1.54, 1.807) is 0 Å². The molecule has 1 aliphatic rings. The van der Waals surface area contributed by atoms with E-state index in [4.69, 9.17) is 0 Å². The number of hydrogen-bond donors (Lipinski definition) is 1. The third-order valence-corrected chi connectivity index (χ3v) is 3.48. The average Bonchev–Trinajstić information content (AvgIpc) is 2.39. The molecule has 0 bridgehead atoms. The molecule has 0 amide bonds. The largest absolute Gasteiger partial charge is 0.381 e. The summed E-state index contributed by atoms with van der Waals surface area (Å²) in [6.07, 6.45) is 6.15. The molecule has 1 unspecified atom stereocenters. The van der Waals surface area contributed by atoms with Crippen LogP contribution in [-0.4, -0.2) is 11.4 Å². The molecule has 0 aliphatic heterocycles.